The topological polar surface area (TPSA) is 23.8 Å². The Labute approximate surface area is 105 Å². The molecule has 0 unspecified atom stereocenters. The van der Waals surface area contributed by atoms with Gasteiger partial charge in [-0.1, -0.05) is 60.3 Å². The molecular weight excluding hydrogens is 226 g/mol. The van der Waals surface area contributed by atoms with E-state index in [1.807, 2.05) is 60.7 Å². The Hall–Kier alpha value is -1.98. The minimum absolute atomic E-state index is 0.972. The summed E-state index contributed by atoms with van der Waals surface area (Å²) in [6, 6.07) is 22.1. The number of nitriles is 1. The van der Waals surface area contributed by atoms with E-state index >= 15 is 0 Å². The second kappa shape index (κ2) is 5.93. The van der Waals surface area contributed by atoms with Crippen molar-refractivity contribution < 1.29 is 0 Å². The summed E-state index contributed by atoms with van der Waals surface area (Å²) in [6.07, 6.45) is 1.59. The maximum Gasteiger partial charge on any atom is 0.0924 e. The first kappa shape index (κ1) is 11.5. The SMILES string of the molecule is N#C/C=C(\Sc1ccccc1)c1ccccc1. The van der Waals surface area contributed by atoms with Crippen LogP contribution in [0.5, 0.6) is 0 Å². The van der Waals surface area contributed by atoms with Crippen molar-refractivity contribution in [2.45, 2.75) is 4.90 Å². The highest BCUT2D eigenvalue weighted by atomic mass is 32.2. The zero-order valence-corrected chi connectivity index (χ0v) is 10.0. The fourth-order valence-corrected chi connectivity index (χ4v) is 2.36. The molecule has 2 rings (SSSR count). The van der Waals surface area contributed by atoms with Gasteiger partial charge in [0.1, 0.15) is 0 Å². The zero-order valence-electron chi connectivity index (χ0n) is 9.21. The highest BCUT2D eigenvalue weighted by molar-refractivity contribution is 8.08. The van der Waals surface area contributed by atoms with Gasteiger partial charge in [-0.25, -0.2) is 0 Å². The first-order valence-corrected chi connectivity index (χ1v) is 6.10. The van der Waals surface area contributed by atoms with E-state index in [4.69, 9.17) is 5.26 Å². The van der Waals surface area contributed by atoms with Gasteiger partial charge in [-0.15, -0.1) is 0 Å². The Morgan fingerprint density at radius 3 is 2.12 bits per heavy atom. The first-order chi connectivity index (χ1) is 8.40. The summed E-state index contributed by atoms with van der Waals surface area (Å²) >= 11 is 1.60. The molecule has 0 saturated carbocycles. The van der Waals surface area contributed by atoms with Crippen LogP contribution < -0.4 is 0 Å². The number of hydrogen-bond acceptors (Lipinski definition) is 2. The van der Waals surface area contributed by atoms with Crippen LogP contribution >= 0.6 is 11.8 Å². The predicted molar refractivity (Wildman–Crippen MR) is 72.3 cm³/mol. The van der Waals surface area contributed by atoms with E-state index in [-0.39, 0.29) is 0 Å². The van der Waals surface area contributed by atoms with Crippen molar-refractivity contribution in [3.05, 3.63) is 72.3 Å². The lowest BCUT2D eigenvalue weighted by molar-refractivity contribution is 1.47. The number of hydrogen-bond donors (Lipinski definition) is 0. The molecule has 0 spiro atoms. The largest absolute Gasteiger partial charge is 0.193 e. The Morgan fingerprint density at radius 1 is 0.941 bits per heavy atom. The van der Waals surface area contributed by atoms with Gasteiger partial charge in [0, 0.05) is 15.9 Å². The average Bonchev–Trinajstić information content (AvgIpc) is 2.40. The van der Waals surface area contributed by atoms with Gasteiger partial charge in [0.15, 0.2) is 0 Å². The second-order valence-electron chi connectivity index (χ2n) is 3.42. The van der Waals surface area contributed by atoms with Crippen molar-refractivity contribution in [2.24, 2.45) is 0 Å². The third kappa shape index (κ3) is 3.24. The van der Waals surface area contributed by atoms with E-state index < -0.39 is 0 Å². The molecule has 0 heterocycles. The van der Waals surface area contributed by atoms with Gasteiger partial charge >= 0.3 is 0 Å². The van der Waals surface area contributed by atoms with Crippen LogP contribution in [0.15, 0.2) is 71.6 Å². The summed E-state index contributed by atoms with van der Waals surface area (Å²) < 4.78 is 0. The molecule has 0 aromatic heterocycles. The van der Waals surface area contributed by atoms with Crippen LogP contribution in [0.3, 0.4) is 0 Å². The zero-order chi connectivity index (χ0) is 11.9. The molecule has 0 radical (unpaired) electrons. The van der Waals surface area contributed by atoms with Gasteiger partial charge in [0.25, 0.3) is 0 Å². The fraction of sp³-hybridized carbons (Fsp3) is 0. The molecular formula is C15H11NS. The molecule has 0 aliphatic rings. The van der Waals surface area contributed by atoms with E-state index in [0.717, 1.165) is 15.4 Å². The first-order valence-electron chi connectivity index (χ1n) is 5.28. The third-order valence-electron chi connectivity index (χ3n) is 2.22. The molecule has 1 nitrogen and oxygen atoms in total. The monoisotopic (exact) mass is 237 g/mol. The molecule has 0 saturated heterocycles. The Balaban J connectivity index is 2.27. The summed E-state index contributed by atoms with van der Waals surface area (Å²) in [6.45, 7) is 0. The van der Waals surface area contributed by atoms with Gasteiger partial charge in [-0.2, -0.15) is 5.26 Å². The third-order valence-corrected chi connectivity index (χ3v) is 3.31. The van der Waals surface area contributed by atoms with Crippen molar-refractivity contribution in [1.82, 2.24) is 0 Å². The van der Waals surface area contributed by atoms with Gasteiger partial charge in [0.05, 0.1) is 6.07 Å². The van der Waals surface area contributed by atoms with Crippen LogP contribution in [0.1, 0.15) is 5.56 Å². The molecule has 2 aromatic rings. The number of nitrogens with zero attached hydrogens (tertiary/aromatic N) is 1. The van der Waals surface area contributed by atoms with Crippen LogP contribution in [-0.2, 0) is 0 Å². The molecule has 0 aliphatic carbocycles. The Bertz CT molecular complexity index is 538. The number of rotatable bonds is 3. The minimum atomic E-state index is 0.972. The molecule has 0 fully saturated rings. The number of allylic oxidation sites excluding steroid dienone is 1. The van der Waals surface area contributed by atoms with E-state index in [2.05, 4.69) is 6.07 Å². The van der Waals surface area contributed by atoms with Crippen LogP contribution in [0.4, 0.5) is 0 Å². The normalized spacial score (nSPS) is 10.9. The lowest BCUT2D eigenvalue weighted by Gasteiger charge is -2.05. The molecule has 0 atom stereocenters. The fourth-order valence-electron chi connectivity index (χ4n) is 1.45. The molecule has 17 heavy (non-hydrogen) atoms. The van der Waals surface area contributed by atoms with Crippen molar-refractivity contribution in [3.63, 3.8) is 0 Å². The van der Waals surface area contributed by atoms with Gasteiger partial charge in [-0.3, -0.25) is 0 Å². The Morgan fingerprint density at radius 2 is 1.53 bits per heavy atom. The summed E-state index contributed by atoms with van der Waals surface area (Å²) in [5.41, 5.74) is 1.07. The molecule has 2 heteroatoms. The highest BCUT2D eigenvalue weighted by Gasteiger charge is 2.03. The molecule has 0 N–H and O–H groups in total. The van der Waals surface area contributed by atoms with Crippen LogP contribution in [0.2, 0.25) is 0 Å². The second-order valence-corrected chi connectivity index (χ2v) is 4.53. The molecule has 0 aliphatic heterocycles. The maximum atomic E-state index is 8.84. The Kier molecular flexibility index (Phi) is 4.01. The lowest BCUT2D eigenvalue weighted by Crippen LogP contribution is -1.79. The minimum Gasteiger partial charge on any atom is -0.193 e. The van der Waals surface area contributed by atoms with Crippen molar-refractivity contribution in [2.75, 3.05) is 0 Å². The summed E-state index contributed by atoms with van der Waals surface area (Å²) in [5.74, 6) is 0. The van der Waals surface area contributed by atoms with E-state index in [9.17, 15) is 0 Å². The van der Waals surface area contributed by atoms with E-state index in [1.54, 1.807) is 17.8 Å². The number of benzene rings is 2. The van der Waals surface area contributed by atoms with E-state index in [0.29, 0.717) is 0 Å². The van der Waals surface area contributed by atoms with Crippen molar-refractivity contribution in [3.8, 4) is 6.07 Å². The summed E-state index contributed by atoms with van der Waals surface area (Å²) in [7, 11) is 0. The van der Waals surface area contributed by atoms with E-state index in [1.165, 1.54) is 0 Å². The van der Waals surface area contributed by atoms with Crippen LogP contribution in [-0.4, -0.2) is 0 Å². The quantitative estimate of drug-likeness (QED) is 0.585. The number of thioether (sulfide) groups is 1. The lowest BCUT2D eigenvalue weighted by atomic mass is 10.2. The predicted octanol–water partition coefficient (Wildman–Crippen LogP) is 4.34. The molecule has 82 valence electrons. The van der Waals surface area contributed by atoms with Crippen LogP contribution in [0, 0.1) is 11.3 Å². The summed E-state index contributed by atoms with van der Waals surface area (Å²) in [5, 5.41) is 8.84. The molecule has 2 aromatic carbocycles. The van der Waals surface area contributed by atoms with Crippen LogP contribution in [0.25, 0.3) is 4.91 Å². The standard InChI is InChI=1S/C15H11NS/c16-12-11-15(13-7-3-1-4-8-13)17-14-9-5-2-6-10-14/h1-11H/b15-11-. The molecule has 0 amide bonds. The van der Waals surface area contributed by atoms with Gasteiger partial charge in [-0.05, 0) is 17.7 Å². The van der Waals surface area contributed by atoms with Crippen molar-refractivity contribution in [1.29, 1.82) is 5.26 Å². The maximum absolute atomic E-state index is 8.84. The average molecular weight is 237 g/mol. The summed E-state index contributed by atoms with van der Waals surface area (Å²) in [4.78, 5) is 2.11. The van der Waals surface area contributed by atoms with Gasteiger partial charge in [0.2, 0.25) is 0 Å². The molecule has 0 bridgehead atoms. The van der Waals surface area contributed by atoms with Crippen molar-refractivity contribution >= 4 is 16.7 Å². The highest BCUT2D eigenvalue weighted by Crippen LogP contribution is 2.33. The smallest absolute Gasteiger partial charge is 0.0924 e. The van der Waals surface area contributed by atoms with Gasteiger partial charge < -0.3 is 0 Å².